The molecule has 10 rings (SSSR count). The minimum atomic E-state index is 0.620. The van der Waals surface area contributed by atoms with Crippen LogP contribution in [-0.4, -0.2) is 14.5 Å². The summed E-state index contributed by atoms with van der Waals surface area (Å²) in [5.41, 5.74) is 9.75. The first-order valence-electron chi connectivity index (χ1n) is 17.2. The number of aromatic nitrogens is 3. The zero-order chi connectivity index (χ0) is 33.6. The summed E-state index contributed by atoms with van der Waals surface area (Å²) in [5.74, 6) is 0.620. The summed E-state index contributed by atoms with van der Waals surface area (Å²) in [6, 6.07) is 57.1. The summed E-state index contributed by atoms with van der Waals surface area (Å²) in [6.45, 7) is 4.00. The third kappa shape index (κ3) is 4.76. The highest BCUT2D eigenvalue weighted by atomic mass is 16.3. The van der Waals surface area contributed by atoms with Gasteiger partial charge in [0.15, 0.2) is 0 Å². The maximum absolute atomic E-state index is 6.58. The van der Waals surface area contributed by atoms with E-state index in [-0.39, 0.29) is 0 Å². The Bertz CT molecular complexity index is 2770. The molecule has 4 nitrogen and oxygen atoms in total. The van der Waals surface area contributed by atoms with Gasteiger partial charge < -0.3 is 4.42 Å². The van der Waals surface area contributed by atoms with Crippen molar-refractivity contribution in [3.05, 3.63) is 164 Å². The van der Waals surface area contributed by atoms with Crippen molar-refractivity contribution in [2.24, 2.45) is 0 Å². The molecule has 10 aromatic rings. The Morgan fingerprint density at radius 3 is 1.72 bits per heavy atom. The lowest BCUT2D eigenvalue weighted by Gasteiger charge is -2.14. The van der Waals surface area contributed by atoms with Crippen molar-refractivity contribution in [2.75, 3.05) is 0 Å². The van der Waals surface area contributed by atoms with Crippen LogP contribution >= 0.6 is 0 Å². The standard InChI is InChI=1S/C44H27N3O.C2H6/c1-3-13-28(14-4-1)38-27-39(29-15-5-2-6-16-29)46-44(45-38)47-40-26-31-18-8-7-17-30(31)25-37(40)34-21-11-20-33(42(34)47)36-23-12-22-35-32-19-9-10-24-41(32)48-43(35)36;1-2/h1-27H;1-2H3. The number of rotatable bonds is 4. The minimum absolute atomic E-state index is 0.620. The monoisotopic (exact) mass is 643 g/mol. The summed E-state index contributed by atoms with van der Waals surface area (Å²) in [4.78, 5) is 10.6. The molecule has 0 saturated heterocycles. The lowest BCUT2D eigenvalue weighted by molar-refractivity contribution is 0.670. The van der Waals surface area contributed by atoms with Gasteiger partial charge in [-0.3, -0.25) is 4.57 Å². The third-order valence-electron chi connectivity index (χ3n) is 9.40. The first kappa shape index (κ1) is 29.6. The molecule has 0 fully saturated rings. The molecule has 0 atom stereocenters. The Labute approximate surface area is 289 Å². The first-order valence-corrected chi connectivity index (χ1v) is 17.2. The third-order valence-corrected chi connectivity index (χ3v) is 9.40. The molecule has 7 aromatic carbocycles. The van der Waals surface area contributed by atoms with Crippen LogP contribution in [0.2, 0.25) is 0 Å². The smallest absolute Gasteiger partial charge is 0.235 e. The van der Waals surface area contributed by atoms with Crippen LogP contribution in [-0.2, 0) is 0 Å². The molecule has 0 aliphatic carbocycles. The second-order valence-corrected chi connectivity index (χ2v) is 12.2. The molecular formula is C46H33N3O. The van der Waals surface area contributed by atoms with Crippen LogP contribution in [0.3, 0.4) is 0 Å². The minimum Gasteiger partial charge on any atom is -0.455 e. The van der Waals surface area contributed by atoms with Crippen LogP contribution in [0.4, 0.5) is 0 Å². The number of hydrogen-bond acceptors (Lipinski definition) is 3. The second-order valence-electron chi connectivity index (χ2n) is 12.2. The van der Waals surface area contributed by atoms with Crippen molar-refractivity contribution in [2.45, 2.75) is 13.8 Å². The van der Waals surface area contributed by atoms with E-state index in [0.717, 1.165) is 82.8 Å². The van der Waals surface area contributed by atoms with Gasteiger partial charge in [-0.15, -0.1) is 0 Å². The summed E-state index contributed by atoms with van der Waals surface area (Å²) in [5, 5.41) is 6.85. The molecule has 238 valence electrons. The van der Waals surface area contributed by atoms with Crippen molar-refractivity contribution < 1.29 is 4.42 Å². The first-order chi connectivity index (χ1) is 24.8. The molecule has 0 aliphatic heterocycles. The summed E-state index contributed by atoms with van der Waals surface area (Å²) >= 11 is 0. The molecular weight excluding hydrogens is 611 g/mol. The fraction of sp³-hybridized carbons (Fsp3) is 0.0435. The van der Waals surface area contributed by atoms with E-state index in [9.17, 15) is 0 Å². The van der Waals surface area contributed by atoms with Crippen molar-refractivity contribution in [3.63, 3.8) is 0 Å². The topological polar surface area (TPSA) is 43.9 Å². The Morgan fingerprint density at radius 1 is 0.460 bits per heavy atom. The van der Waals surface area contributed by atoms with E-state index in [2.05, 4.69) is 144 Å². The molecule has 0 radical (unpaired) electrons. The van der Waals surface area contributed by atoms with Gasteiger partial charge in [0, 0.05) is 43.8 Å². The average molecular weight is 644 g/mol. The van der Waals surface area contributed by atoms with Crippen molar-refractivity contribution in [1.82, 2.24) is 14.5 Å². The van der Waals surface area contributed by atoms with Crippen molar-refractivity contribution >= 4 is 54.5 Å². The maximum Gasteiger partial charge on any atom is 0.235 e. The zero-order valence-corrected chi connectivity index (χ0v) is 27.8. The summed E-state index contributed by atoms with van der Waals surface area (Å²) < 4.78 is 8.84. The number of nitrogens with zero attached hydrogens (tertiary/aromatic N) is 3. The number of benzene rings is 7. The van der Waals surface area contributed by atoms with E-state index in [1.54, 1.807) is 0 Å². The molecule has 0 unspecified atom stereocenters. The van der Waals surface area contributed by atoms with E-state index in [0.29, 0.717) is 5.95 Å². The van der Waals surface area contributed by atoms with Gasteiger partial charge in [0.1, 0.15) is 11.2 Å². The molecule has 4 heteroatoms. The SMILES string of the molecule is CC.c1ccc(-c2cc(-c3ccccc3)nc(-n3c4cc5ccccc5cc4c4cccc(-c5cccc6c5oc5ccccc56)c43)n2)cc1. The van der Waals surface area contributed by atoms with Crippen LogP contribution in [0.5, 0.6) is 0 Å². The van der Waals surface area contributed by atoms with Crippen LogP contribution in [0.1, 0.15) is 13.8 Å². The highest BCUT2D eigenvalue weighted by Gasteiger charge is 2.22. The van der Waals surface area contributed by atoms with Gasteiger partial charge in [0.25, 0.3) is 0 Å². The molecule has 0 N–H and O–H groups in total. The molecule has 3 heterocycles. The van der Waals surface area contributed by atoms with Crippen LogP contribution < -0.4 is 0 Å². The van der Waals surface area contributed by atoms with E-state index in [4.69, 9.17) is 14.4 Å². The van der Waals surface area contributed by atoms with E-state index >= 15 is 0 Å². The number of furan rings is 1. The van der Waals surface area contributed by atoms with Gasteiger partial charge in [0.2, 0.25) is 5.95 Å². The zero-order valence-electron chi connectivity index (χ0n) is 27.8. The summed E-state index contributed by atoms with van der Waals surface area (Å²) in [6.07, 6.45) is 0. The molecule has 0 saturated carbocycles. The Hall–Kier alpha value is -6.52. The van der Waals surface area contributed by atoms with Crippen LogP contribution in [0.15, 0.2) is 168 Å². The Morgan fingerprint density at radius 2 is 1.02 bits per heavy atom. The number of fused-ring (bicyclic) bond motifs is 7. The predicted molar refractivity (Wildman–Crippen MR) is 209 cm³/mol. The quantitative estimate of drug-likeness (QED) is 0.192. The summed E-state index contributed by atoms with van der Waals surface area (Å²) in [7, 11) is 0. The fourth-order valence-corrected chi connectivity index (χ4v) is 7.18. The fourth-order valence-electron chi connectivity index (χ4n) is 7.18. The van der Waals surface area contributed by atoms with Gasteiger partial charge in [0.05, 0.1) is 22.4 Å². The number of para-hydroxylation sites is 3. The van der Waals surface area contributed by atoms with E-state index in [1.807, 2.05) is 38.1 Å². The molecule has 3 aromatic heterocycles. The molecule has 0 amide bonds. The lowest BCUT2D eigenvalue weighted by Crippen LogP contribution is -2.04. The molecule has 50 heavy (non-hydrogen) atoms. The lowest BCUT2D eigenvalue weighted by atomic mass is 9.99. The molecule has 0 bridgehead atoms. The largest absolute Gasteiger partial charge is 0.455 e. The van der Waals surface area contributed by atoms with Gasteiger partial charge in [-0.05, 0) is 35.0 Å². The van der Waals surface area contributed by atoms with Gasteiger partial charge in [-0.2, -0.15) is 0 Å². The predicted octanol–water partition coefficient (Wildman–Crippen LogP) is 12.7. The maximum atomic E-state index is 6.58. The molecule has 0 aliphatic rings. The van der Waals surface area contributed by atoms with E-state index < -0.39 is 0 Å². The van der Waals surface area contributed by atoms with Gasteiger partial charge in [-0.1, -0.05) is 153 Å². The molecule has 0 spiro atoms. The van der Waals surface area contributed by atoms with Crippen LogP contribution in [0.25, 0.3) is 94.1 Å². The van der Waals surface area contributed by atoms with E-state index in [1.165, 1.54) is 5.39 Å². The number of hydrogen-bond donors (Lipinski definition) is 0. The normalized spacial score (nSPS) is 11.4. The Kier molecular flexibility index (Phi) is 7.21. The van der Waals surface area contributed by atoms with Gasteiger partial charge >= 0.3 is 0 Å². The Balaban J connectivity index is 0.00000165. The second kappa shape index (κ2) is 12.2. The van der Waals surface area contributed by atoms with Crippen molar-refractivity contribution in [1.29, 1.82) is 0 Å². The van der Waals surface area contributed by atoms with Crippen LogP contribution in [0, 0.1) is 0 Å². The highest BCUT2D eigenvalue weighted by Crippen LogP contribution is 2.43. The average Bonchev–Trinajstić information content (AvgIpc) is 3.74. The van der Waals surface area contributed by atoms with Gasteiger partial charge in [-0.25, -0.2) is 9.97 Å². The highest BCUT2D eigenvalue weighted by molar-refractivity contribution is 6.19. The van der Waals surface area contributed by atoms with Crippen molar-refractivity contribution in [3.8, 4) is 39.6 Å².